The van der Waals surface area contributed by atoms with E-state index in [0.29, 0.717) is 18.4 Å². The van der Waals surface area contributed by atoms with Gasteiger partial charge < -0.3 is 15.4 Å². The lowest BCUT2D eigenvalue weighted by Gasteiger charge is -2.12. The van der Waals surface area contributed by atoms with E-state index in [0.717, 1.165) is 16.9 Å². The number of nitrogens with two attached hydrogens (primary N) is 1. The van der Waals surface area contributed by atoms with Crippen molar-refractivity contribution in [1.29, 1.82) is 0 Å². The molecular formula is C14H18N4O. The van der Waals surface area contributed by atoms with Gasteiger partial charge in [0.2, 0.25) is 11.8 Å². The molecule has 2 N–H and O–H groups in total. The van der Waals surface area contributed by atoms with Crippen LogP contribution >= 0.6 is 0 Å². The number of nitrogens with zero attached hydrogens (tertiary/aromatic N) is 3. The highest BCUT2D eigenvalue weighted by atomic mass is 16.5. The van der Waals surface area contributed by atoms with Crippen molar-refractivity contribution in [2.45, 2.75) is 13.5 Å². The first-order chi connectivity index (χ1) is 9.10. The summed E-state index contributed by atoms with van der Waals surface area (Å²) in [4.78, 5) is 10.3. The highest BCUT2D eigenvalue weighted by Crippen LogP contribution is 2.25. The standard InChI is InChI=1S/C14H18N4O/c1-10-4-5-11(9-15)8-12(10)19-13-6-7-16-14(17-13)18(2)3/h4-8H,9,15H2,1-3H3. The molecule has 0 aliphatic carbocycles. The summed E-state index contributed by atoms with van der Waals surface area (Å²) in [6.45, 7) is 2.48. The molecule has 0 aliphatic heterocycles. The van der Waals surface area contributed by atoms with Crippen molar-refractivity contribution in [2.24, 2.45) is 5.73 Å². The van der Waals surface area contributed by atoms with E-state index in [1.165, 1.54) is 0 Å². The van der Waals surface area contributed by atoms with Crippen LogP contribution in [-0.2, 0) is 6.54 Å². The van der Waals surface area contributed by atoms with Crippen molar-refractivity contribution in [2.75, 3.05) is 19.0 Å². The van der Waals surface area contributed by atoms with Crippen LogP contribution in [0.3, 0.4) is 0 Å². The molecular weight excluding hydrogens is 240 g/mol. The second-order valence-corrected chi connectivity index (χ2v) is 4.50. The zero-order valence-electron chi connectivity index (χ0n) is 11.4. The first-order valence-corrected chi connectivity index (χ1v) is 6.08. The van der Waals surface area contributed by atoms with Crippen LogP contribution in [-0.4, -0.2) is 24.1 Å². The van der Waals surface area contributed by atoms with Crippen LogP contribution in [0, 0.1) is 6.92 Å². The Balaban J connectivity index is 2.28. The predicted octanol–water partition coefficient (Wildman–Crippen LogP) is 2.10. The van der Waals surface area contributed by atoms with E-state index in [1.807, 2.05) is 44.1 Å². The van der Waals surface area contributed by atoms with E-state index in [-0.39, 0.29) is 0 Å². The molecule has 0 bridgehead atoms. The minimum atomic E-state index is 0.489. The van der Waals surface area contributed by atoms with Crippen LogP contribution in [0.4, 0.5) is 5.95 Å². The molecule has 0 saturated heterocycles. The normalized spacial score (nSPS) is 10.3. The van der Waals surface area contributed by atoms with Gasteiger partial charge in [0.05, 0.1) is 0 Å². The highest BCUT2D eigenvalue weighted by Gasteiger charge is 2.06. The summed E-state index contributed by atoms with van der Waals surface area (Å²) < 4.78 is 5.81. The first kappa shape index (κ1) is 13.3. The van der Waals surface area contributed by atoms with Gasteiger partial charge in [-0.15, -0.1) is 0 Å². The molecule has 0 atom stereocenters. The first-order valence-electron chi connectivity index (χ1n) is 6.08. The van der Waals surface area contributed by atoms with Crippen LogP contribution in [0.5, 0.6) is 11.6 Å². The Bertz CT molecular complexity index is 569. The quantitative estimate of drug-likeness (QED) is 0.909. The Morgan fingerprint density at radius 3 is 2.74 bits per heavy atom. The van der Waals surface area contributed by atoms with Gasteiger partial charge in [0, 0.05) is 32.9 Å². The Hall–Kier alpha value is -2.14. The second-order valence-electron chi connectivity index (χ2n) is 4.50. The molecule has 5 nitrogen and oxygen atoms in total. The van der Waals surface area contributed by atoms with Gasteiger partial charge in [0.1, 0.15) is 5.75 Å². The number of aryl methyl sites for hydroxylation is 1. The van der Waals surface area contributed by atoms with Crippen LogP contribution in [0.1, 0.15) is 11.1 Å². The lowest BCUT2D eigenvalue weighted by molar-refractivity contribution is 0.457. The van der Waals surface area contributed by atoms with Crippen molar-refractivity contribution in [1.82, 2.24) is 9.97 Å². The summed E-state index contributed by atoms with van der Waals surface area (Å²) in [5, 5.41) is 0. The average molecular weight is 258 g/mol. The second kappa shape index (κ2) is 5.67. The lowest BCUT2D eigenvalue weighted by Crippen LogP contribution is -2.12. The number of hydrogen-bond donors (Lipinski definition) is 1. The molecule has 0 spiro atoms. The van der Waals surface area contributed by atoms with Crippen molar-refractivity contribution in [3.63, 3.8) is 0 Å². The molecule has 2 aromatic rings. The summed E-state index contributed by atoms with van der Waals surface area (Å²) in [6, 6.07) is 7.66. The number of hydrogen-bond acceptors (Lipinski definition) is 5. The van der Waals surface area contributed by atoms with Crippen LogP contribution in [0.15, 0.2) is 30.5 Å². The molecule has 5 heteroatoms. The molecule has 19 heavy (non-hydrogen) atoms. The topological polar surface area (TPSA) is 64.3 Å². The van der Waals surface area contributed by atoms with Gasteiger partial charge in [0.25, 0.3) is 0 Å². The van der Waals surface area contributed by atoms with E-state index in [4.69, 9.17) is 10.5 Å². The summed E-state index contributed by atoms with van der Waals surface area (Å²) >= 11 is 0. The Morgan fingerprint density at radius 2 is 2.05 bits per heavy atom. The molecule has 1 aromatic heterocycles. The molecule has 0 unspecified atom stereocenters. The summed E-state index contributed by atoms with van der Waals surface area (Å²) in [5.74, 6) is 1.91. The number of anilines is 1. The van der Waals surface area contributed by atoms with Crippen molar-refractivity contribution < 1.29 is 4.74 Å². The summed E-state index contributed by atoms with van der Waals surface area (Å²) in [5.41, 5.74) is 7.71. The van der Waals surface area contributed by atoms with Gasteiger partial charge in [-0.2, -0.15) is 4.98 Å². The minimum Gasteiger partial charge on any atom is -0.439 e. The van der Waals surface area contributed by atoms with E-state index >= 15 is 0 Å². The van der Waals surface area contributed by atoms with E-state index < -0.39 is 0 Å². The molecule has 2 rings (SSSR count). The Morgan fingerprint density at radius 1 is 1.26 bits per heavy atom. The van der Waals surface area contributed by atoms with Crippen molar-refractivity contribution in [3.05, 3.63) is 41.6 Å². The molecule has 1 aromatic carbocycles. The van der Waals surface area contributed by atoms with Crippen molar-refractivity contribution in [3.8, 4) is 11.6 Å². The van der Waals surface area contributed by atoms with Gasteiger partial charge in [-0.3, -0.25) is 0 Å². The molecule has 0 amide bonds. The molecule has 0 aliphatic rings. The fourth-order valence-electron chi connectivity index (χ4n) is 1.60. The zero-order valence-corrected chi connectivity index (χ0v) is 11.4. The van der Waals surface area contributed by atoms with Crippen molar-refractivity contribution >= 4 is 5.95 Å². The number of benzene rings is 1. The number of aromatic nitrogens is 2. The largest absolute Gasteiger partial charge is 0.439 e. The third-order valence-electron chi connectivity index (χ3n) is 2.72. The maximum atomic E-state index is 5.81. The van der Waals surface area contributed by atoms with E-state index in [9.17, 15) is 0 Å². The van der Waals surface area contributed by atoms with Gasteiger partial charge in [0.15, 0.2) is 0 Å². The monoisotopic (exact) mass is 258 g/mol. The lowest BCUT2D eigenvalue weighted by atomic mass is 10.1. The third kappa shape index (κ3) is 3.20. The SMILES string of the molecule is Cc1ccc(CN)cc1Oc1ccnc(N(C)C)n1. The van der Waals surface area contributed by atoms with E-state index in [2.05, 4.69) is 9.97 Å². The zero-order chi connectivity index (χ0) is 13.8. The van der Waals surface area contributed by atoms with Crippen LogP contribution in [0.2, 0.25) is 0 Å². The fourth-order valence-corrected chi connectivity index (χ4v) is 1.60. The molecule has 0 fully saturated rings. The molecule has 0 radical (unpaired) electrons. The van der Waals surface area contributed by atoms with Crippen LogP contribution < -0.4 is 15.4 Å². The minimum absolute atomic E-state index is 0.489. The maximum absolute atomic E-state index is 5.81. The van der Waals surface area contributed by atoms with Gasteiger partial charge in [-0.25, -0.2) is 4.98 Å². The Kier molecular flexibility index (Phi) is 3.97. The van der Waals surface area contributed by atoms with Crippen LogP contribution in [0.25, 0.3) is 0 Å². The van der Waals surface area contributed by atoms with Gasteiger partial charge in [-0.05, 0) is 24.1 Å². The average Bonchev–Trinajstić information content (AvgIpc) is 2.41. The Labute approximate surface area is 113 Å². The number of ether oxygens (including phenoxy) is 1. The van der Waals surface area contributed by atoms with Gasteiger partial charge >= 0.3 is 0 Å². The van der Waals surface area contributed by atoms with Gasteiger partial charge in [-0.1, -0.05) is 12.1 Å². The molecule has 1 heterocycles. The maximum Gasteiger partial charge on any atom is 0.228 e. The highest BCUT2D eigenvalue weighted by molar-refractivity contribution is 5.39. The summed E-state index contributed by atoms with van der Waals surface area (Å²) in [6.07, 6.45) is 1.68. The predicted molar refractivity (Wildman–Crippen MR) is 75.5 cm³/mol. The molecule has 100 valence electrons. The van der Waals surface area contributed by atoms with E-state index in [1.54, 1.807) is 12.3 Å². The third-order valence-corrected chi connectivity index (χ3v) is 2.72. The smallest absolute Gasteiger partial charge is 0.228 e. The fraction of sp³-hybridized carbons (Fsp3) is 0.286. The number of rotatable bonds is 4. The molecule has 0 saturated carbocycles. The summed E-state index contributed by atoms with van der Waals surface area (Å²) in [7, 11) is 3.78.